The fraction of sp³-hybridized carbons (Fsp3) is 0.857. The van der Waals surface area contributed by atoms with Gasteiger partial charge in [-0.3, -0.25) is 0 Å². The molecule has 0 aromatic heterocycles. The number of carbonyl (C=O) groups excluding carboxylic acids is 1. The van der Waals surface area contributed by atoms with Crippen molar-refractivity contribution in [2.75, 3.05) is 39.5 Å². The quantitative estimate of drug-likeness (QED) is 0.531. The van der Waals surface area contributed by atoms with Gasteiger partial charge in [0.05, 0.1) is 13.2 Å². The highest BCUT2D eigenvalue weighted by molar-refractivity contribution is 5.82. The van der Waals surface area contributed by atoms with Crippen LogP contribution in [0, 0.1) is 0 Å². The number of carboxylic acids is 1. The van der Waals surface area contributed by atoms with Crippen LogP contribution in [0.5, 0.6) is 0 Å². The van der Waals surface area contributed by atoms with Gasteiger partial charge in [0, 0.05) is 26.3 Å². The molecule has 0 spiro atoms. The molecule has 2 N–H and O–H groups in total. The van der Waals surface area contributed by atoms with Crippen LogP contribution in [0.25, 0.3) is 0 Å². The van der Waals surface area contributed by atoms with Crippen LogP contribution in [-0.2, 0) is 14.3 Å². The third kappa shape index (κ3) is 9.25. The summed E-state index contributed by atoms with van der Waals surface area (Å²) in [5.74, 6) is -1.01. The van der Waals surface area contributed by atoms with Gasteiger partial charge in [-0.25, -0.2) is 9.59 Å². The lowest BCUT2D eigenvalue weighted by molar-refractivity contribution is -0.139. The molecule has 21 heavy (non-hydrogen) atoms. The SMILES string of the molecule is CCCC(NC(=O)N(CCOCC)CCOCC)C(=O)O. The summed E-state index contributed by atoms with van der Waals surface area (Å²) in [6, 6.07) is -1.25. The number of aliphatic carboxylic acids is 1. The number of rotatable bonds is 12. The smallest absolute Gasteiger partial charge is 0.326 e. The highest BCUT2D eigenvalue weighted by Crippen LogP contribution is 2.00. The third-order valence-electron chi connectivity index (χ3n) is 2.88. The Balaban J connectivity index is 4.47. The standard InChI is InChI=1S/C14H28N2O5/c1-4-7-12(13(17)18)15-14(19)16(8-10-20-5-2)9-11-21-6-3/h12H,4-11H2,1-3H3,(H,15,19)(H,17,18). The Morgan fingerprint density at radius 2 is 1.62 bits per heavy atom. The van der Waals surface area contributed by atoms with E-state index in [1.807, 2.05) is 20.8 Å². The summed E-state index contributed by atoms with van der Waals surface area (Å²) in [4.78, 5) is 24.8. The van der Waals surface area contributed by atoms with Crippen LogP contribution >= 0.6 is 0 Å². The first-order valence-electron chi connectivity index (χ1n) is 7.50. The molecular formula is C14H28N2O5. The van der Waals surface area contributed by atoms with Crippen LogP contribution in [0.1, 0.15) is 33.6 Å². The summed E-state index contributed by atoms with van der Waals surface area (Å²) in [5.41, 5.74) is 0. The van der Waals surface area contributed by atoms with E-state index in [0.29, 0.717) is 52.4 Å². The van der Waals surface area contributed by atoms with Crippen LogP contribution in [0.3, 0.4) is 0 Å². The highest BCUT2D eigenvalue weighted by atomic mass is 16.5. The molecule has 0 heterocycles. The molecular weight excluding hydrogens is 276 g/mol. The van der Waals surface area contributed by atoms with Crippen LogP contribution < -0.4 is 5.32 Å². The topological polar surface area (TPSA) is 88.1 Å². The van der Waals surface area contributed by atoms with Gasteiger partial charge in [-0.2, -0.15) is 0 Å². The summed E-state index contributed by atoms with van der Waals surface area (Å²) in [5, 5.41) is 11.6. The van der Waals surface area contributed by atoms with E-state index in [-0.39, 0.29) is 0 Å². The number of ether oxygens (including phenoxy) is 2. The molecule has 0 aromatic rings. The summed E-state index contributed by atoms with van der Waals surface area (Å²) >= 11 is 0. The number of hydrogen-bond acceptors (Lipinski definition) is 4. The van der Waals surface area contributed by atoms with Crippen LogP contribution in [0.4, 0.5) is 4.79 Å². The van der Waals surface area contributed by atoms with Crippen LogP contribution in [-0.4, -0.2) is 67.6 Å². The summed E-state index contributed by atoms with van der Waals surface area (Å²) in [6.45, 7) is 8.45. The van der Waals surface area contributed by atoms with Crippen molar-refractivity contribution in [2.45, 2.75) is 39.7 Å². The number of nitrogens with zero attached hydrogens (tertiary/aromatic N) is 1. The van der Waals surface area contributed by atoms with Gasteiger partial charge in [-0.15, -0.1) is 0 Å². The zero-order valence-corrected chi connectivity index (χ0v) is 13.3. The van der Waals surface area contributed by atoms with Crippen molar-refractivity contribution in [1.29, 1.82) is 0 Å². The number of carboxylic acid groups (broad SMARTS) is 1. The summed E-state index contributed by atoms with van der Waals surface area (Å²) < 4.78 is 10.5. The predicted molar refractivity (Wildman–Crippen MR) is 79.4 cm³/mol. The van der Waals surface area contributed by atoms with E-state index in [1.54, 1.807) is 0 Å². The average Bonchev–Trinajstić information content (AvgIpc) is 2.45. The van der Waals surface area contributed by atoms with Gasteiger partial charge in [0.15, 0.2) is 0 Å². The highest BCUT2D eigenvalue weighted by Gasteiger charge is 2.22. The van der Waals surface area contributed by atoms with Crippen molar-refractivity contribution in [3.8, 4) is 0 Å². The summed E-state index contributed by atoms with van der Waals surface area (Å²) in [7, 11) is 0. The molecule has 0 rings (SSSR count). The normalized spacial score (nSPS) is 12.0. The monoisotopic (exact) mass is 304 g/mol. The zero-order valence-electron chi connectivity index (χ0n) is 13.3. The molecule has 0 bridgehead atoms. The largest absolute Gasteiger partial charge is 0.480 e. The second-order valence-electron chi connectivity index (χ2n) is 4.51. The first-order valence-corrected chi connectivity index (χ1v) is 7.50. The van der Waals surface area contributed by atoms with Gasteiger partial charge in [-0.1, -0.05) is 13.3 Å². The lowest BCUT2D eigenvalue weighted by Crippen LogP contribution is -2.49. The Morgan fingerprint density at radius 3 is 2.00 bits per heavy atom. The minimum atomic E-state index is -1.01. The van der Waals surface area contributed by atoms with Crippen molar-refractivity contribution in [1.82, 2.24) is 10.2 Å². The first kappa shape index (κ1) is 19.7. The van der Waals surface area contributed by atoms with E-state index >= 15 is 0 Å². The Hall–Kier alpha value is -1.34. The summed E-state index contributed by atoms with van der Waals surface area (Å²) in [6.07, 6.45) is 1.10. The van der Waals surface area contributed by atoms with Gasteiger partial charge in [-0.05, 0) is 20.3 Å². The molecule has 0 aliphatic carbocycles. The molecule has 0 saturated carbocycles. The van der Waals surface area contributed by atoms with E-state index in [0.717, 1.165) is 0 Å². The van der Waals surface area contributed by atoms with E-state index in [1.165, 1.54) is 4.90 Å². The van der Waals surface area contributed by atoms with Gasteiger partial charge in [0.25, 0.3) is 0 Å². The molecule has 2 amide bonds. The molecule has 0 aromatic carbocycles. The molecule has 0 saturated heterocycles. The molecule has 0 aliphatic heterocycles. The predicted octanol–water partition coefficient (Wildman–Crippen LogP) is 1.32. The van der Waals surface area contributed by atoms with Gasteiger partial charge >= 0.3 is 12.0 Å². The first-order chi connectivity index (χ1) is 10.1. The Bertz CT molecular complexity index is 289. The lowest BCUT2D eigenvalue weighted by atomic mass is 10.2. The van der Waals surface area contributed by atoms with E-state index < -0.39 is 18.0 Å². The van der Waals surface area contributed by atoms with Crippen LogP contribution in [0.15, 0.2) is 0 Å². The second-order valence-corrected chi connectivity index (χ2v) is 4.51. The van der Waals surface area contributed by atoms with Crippen molar-refractivity contribution in [2.24, 2.45) is 0 Å². The molecule has 7 heteroatoms. The molecule has 0 radical (unpaired) electrons. The fourth-order valence-electron chi connectivity index (χ4n) is 1.74. The third-order valence-corrected chi connectivity index (χ3v) is 2.88. The van der Waals surface area contributed by atoms with Gasteiger partial charge in [0.2, 0.25) is 0 Å². The number of nitrogens with one attached hydrogen (secondary N) is 1. The number of urea groups is 1. The van der Waals surface area contributed by atoms with E-state index in [2.05, 4.69) is 5.32 Å². The van der Waals surface area contributed by atoms with E-state index in [4.69, 9.17) is 14.6 Å². The molecule has 124 valence electrons. The average molecular weight is 304 g/mol. The second kappa shape index (κ2) is 12.4. The molecule has 0 aliphatic rings. The molecule has 0 fully saturated rings. The van der Waals surface area contributed by atoms with Crippen molar-refractivity contribution < 1.29 is 24.2 Å². The number of carbonyl (C=O) groups is 2. The molecule has 7 nitrogen and oxygen atoms in total. The maximum Gasteiger partial charge on any atom is 0.326 e. The number of amides is 2. The lowest BCUT2D eigenvalue weighted by Gasteiger charge is -2.25. The fourth-order valence-corrected chi connectivity index (χ4v) is 1.74. The molecule has 1 atom stereocenters. The maximum atomic E-state index is 12.2. The Morgan fingerprint density at radius 1 is 1.10 bits per heavy atom. The minimum absolute atomic E-state index is 0.393. The minimum Gasteiger partial charge on any atom is -0.480 e. The zero-order chi connectivity index (χ0) is 16.1. The van der Waals surface area contributed by atoms with Crippen LogP contribution in [0.2, 0.25) is 0 Å². The Kier molecular flexibility index (Phi) is 11.6. The van der Waals surface area contributed by atoms with Crippen molar-refractivity contribution in [3.63, 3.8) is 0 Å². The Labute approximate surface area is 126 Å². The number of hydrogen-bond donors (Lipinski definition) is 2. The molecule has 1 unspecified atom stereocenters. The maximum absolute atomic E-state index is 12.2. The van der Waals surface area contributed by atoms with Crippen molar-refractivity contribution in [3.05, 3.63) is 0 Å². The van der Waals surface area contributed by atoms with E-state index in [9.17, 15) is 9.59 Å². The van der Waals surface area contributed by atoms with Crippen molar-refractivity contribution >= 4 is 12.0 Å². The van der Waals surface area contributed by atoms with Gasteiger partial charge in [0.1, 0.15) is 6.04 Å². The van der Waals surface area contributed by atoms with Gasteiger partial charge < -0.3 is 24.8 Å².